The lowest BCUT2D eigenvalue weighted by Crippen LogP contribution is -2.42. The van der Waals surface area contributed by atoms with E-state index in [1.807, 2.05) is 6.07 Å². The second-order valence-electron chi connectivity index (χ2n) is 8.64. The number of sulfonamides is 1. The van der Waals surface area contributed by atoms with E-state index in [4.69, 9.17) is 0 Å². The largest absolute Gasteiger partial charge is 0.349 e. The predicted octanol–water partition coefficient (Wildman–Crippen LogP) is 3.60. The normalized spacial score (nSPS) is 22.6. The van der Waals surface area contributed by atoms with Gasteiger partial charge in [-0.25, -0.2) is 13.1 Å². The molecule has 6 nitrogen and oxygen atoms in total. The zero-order chi connectivity index (χ0) is 21.1. The predicted molar refractivity (Wildman–Crippen MR) is 126 cm³/mol. The van der Waals surface area contributed by atoms with Crippen molar-refractivity contribution < 1.29 is 13.2 Å². The molecule has 8 heteroatoms. The van der Waals surface area contributed by atoms with Crippen molar-refractivity contribution in [2.45, 2.75) is 62.4 Å². The summed E-state index contributed by atoms with van der Waals surface area (Å²) in [4.78, 5) is 13.3. The van der Waals surface area contributed by atoms with Crippen molar-refractivity contribution in [1.29, 1.82) is 0 Å². The fourth-order valence-corrected chi connectivity index (χ4v) is 6.24. The average molecular weight is 466 g/mol. The van der Waals surface area contributed by atoms with Crippen LogP contribution >= 0.6 is 12.4 Å². The van der Waals surface area contributed by atoms with Gasteiger partial charge in [-0.05, 0) is 62.2 Å². The van der Waals surface area contributed by atoms with Crippen LogP contribution in [0.4, 0.5) is 0 Å². The number of carbonyl (C=O) groups excluding carboxylic acids is 1. The molecule has 0 aromatic heterocycles. The van der Waals surface area contributed by atoms with Crippen LogP contribution in [0, 0.1) is 5.92 Å². The number of fused-ring (bicyclic) bond motifs is 1. The number of rotatable bonds is 5. The van der Waals surface area contributed by atoms with Crippen LogP contribution in [0.3, 0.4) is 0 Å². The molecule has 2 aromatic rings. The number of benzene rings is 2. The summed E-state index contributed by atoms with van der Waals surface area (Å²) in [5.41, 5.74) is 0.532. The van der Waals surface area contributed by atoms with Crippen LogP contribution in [0.15, 0.2) is 41.3 Å². The Morgan fingerprint density at radius 3 is 2.39 bits per heavy atom. The zero-order valence-corrected chi connectivity index (χ0v) is 19.5. The molecule has 0 radical (unpaired) electrons. The number of halogens is 1. The maximum atomic E-state index is 13.1. The molecule has 2 fully saturated rings. The van der Waals surface area contributed by atoms with Crippen molar-refractivity contribution in [3.63, 3.8) is 0 Å². The molecule has 1 heterocycles. The first-order chi connectivity index (χ1) is 14.5. The highest BCUT2D eigenvalue weighted by Crippen LogP contribution is 2.28. The van der Waals surface area contributed by atoms with E-state index in [1.165, 1.54) is 6.42 Å². The highest BCUT2D eigenvalue weighted by atomic mass is 35.5. The van der Waals surface area contributed by atoms with Crippen LogP contribution < -0.4 is 15.4 Å². The fraction of sp³-hybridized carbons (Fsp3) is 0.522. The van der Waals surface area contributed by atoms with Crippen LogP contribution in [0.25, 0.3) is 10.8 Å². The van der Waals surface area contributed by atoms with Gasteiger partial charge in [-0.2, -0.15) is 0 Å². The number of hydrogen-bond acceptors (Lipinski definition) is 4. The van der Waals surface area contributed by atoms with E-state index in [0.29, 0.717) is 22.3 Å². The molecule has 170 valence electrons. The standard InChI is InChI=1S/C23H31N3O3S.ClH/c1-16-6-2-3-10-21(16)25-23(27)20-9-4-8-19-18(20)7-5-11-22(19)30(28,29)26-17-12-14-24-15-13-17;/h4-5,7-9,11,16-17,21,24,26H,2-3,6,10,12-15H2,1H3,(H,25,27);1H. The summed E-state index contributed by atoms with van der Waals surface area (Å²) in [6, 6.07) is 10.6. The minimum atomic E-state index is -3.67. The number of amides is 1. The Balaban J connectivity index is 0.00000272. The molecule has 1 aliphatic carbocycles. The maximum absolute atomic E-state index is 13.1. The fourth-order valence-electron chi connectivity index (χ4n) is 4.71. The minimum Gasteiger partial charge on any atom is -0.349 e. The number of nitrogens with one attached hydrogen (secondary N) is 3. The molecule has 1 amide bonds. The Morgan fingerprint density at radius 2 is 1.65 bits per heavy atom. The van der Waals surface area contributed by atoms with E-state index in [-0.39, 0.29) is 35.3 Å². The molecule has 1 aliphatic heterocycles. The summed E-state index contributed by atoms with van der Waals surface area (Å²) in [6.45, 7) is 3.81. The van der Waals surface area contributed by atoms with Crippen molar-refractivity contribution in [2.24, 2.45) is 5.92 Å². The van der Waals surface area contributed by atoms with Gasteiger partial charge in [-0.3, -0.25) is 4.79 Å². The average Bonchev–Trinajstić information content (AvgIpc) is 2.75. The first-order valence-electron chi connectivity index (χ1n) is 11.0. The van der Waals surface area contributed by atoms with Gasteiger partial charge in [-0.15, -0.1) is 12.4 Å². The highest BCUT2D eigenvalue weighted by molar-refractivity contribution is 7.89. The van der Waals surface area contributed by atoms with Gasteiger partial charge in [0, 0.05) is 23.0 Å². The SMILES string of the molecule is CC1CCCCC1NC(=O)c1cccc2c(S(=O)(=O)NC3CCNCC3)cccc12.Cl. The summed E-state index contributed by atoms with van der Waals surface area (Å²) in [7, 11) is -3.67. The van der Waals surface area contributed by atoms with Crippen molar-refractivity contribution in [1.82, 2.24) is 15.4 Å². The first kappa shape index (κ1) is 24.0. The van der Waals surface area contributed by atoms with Gasteiger partial charge in [0.15, 0.2) is 0 Å². The summed E-state index contributed by atoms with van der Waals surface area (Å²) >= 11 is 0. The molecule has 2 unspecified atom stereocenters. The summed E-state index contributed by atoms with van der Waals surface area (Å²) in [5.74, 6) is 0.336. The zero-order valence-electron chi connectivity index (χ0n) is 17.9. The number of hydrogen-bond donors (Lipinski definition) is 3. The van der Waals surface area contributed by atoms with Crippen molar-refractivity contribution in [3.8, 4) is 0 Å². The molecule has 0 spiro atoms. The molecular weight excluding hydrogens is 434 g/mol. The molecule has 4 rings (SSSR count). The van der Waals surface area contributed by atoms with Gasteiger partial charge < -0.3 is 10.6 Å². The third-order valence-corrected chi connectivity index (χ3v) is 8.08. The van der Waals surface area contributed by atoms with Gasteiger partial charge in [0.25, 0.3) is 5.91 Å². The maximum Gasteiger partial charge on any atom is 0.252 e. The molecule has 3 N–H and O–H groups in total. The molecule has 31 heavy (non-hydrogen) atoms. The van der Waals surface area contributed by atoms with Gasteiger partial charge in [0.1, 0.15) is 0 Å². The third-order valence-electron chi connectivity index (χ3n) is 6.51. The van der Waals surface area contributed by atoms with E-state index in [2.05, 4.69) is 22.3 Å². The molecule has 2 aromatic carbocycles. The Hall–Kier alpha value is -1.67. The molecule has 1 saturated heterocycles. The van der Waals surface area contributed by atoms with Gasteiger partial charge >= 0.3 is 0 Å². The lowest BCUT2D eigenvalue weighted by molar-refractivity contribution is 0.0912. The Bertz CT molecular complexity index is 1020. The van der Waals surface area contributed by atoms with E-state index >= 15 is 0 Å². The van der Waals surface area contributed by atoms with Crippen molar-refractivity contribution in [3.05, 3.63) is 42.0 Å². The topological polar surface area (TPSA) is 87.3 Å². The Morgan fingerprint density at radius 1 is 0.968 bits per heavy atom. The Kier molecular flexibility index (Phi) is 7.97. The van der Waals surface area contributed by atoms with Crippen molar-refractivity contribution in [2.75, 3.05) is 13.1 Å². The summed E-state index contributed by atoms with van der Waals surface area (Å²) in [6.07, 6.45) is 6.03. The van der Waals surface area contributed by atoms with Crippen LogP contribution in [0.5, 0.6) is 0 Å². The monoisotopic (exact) mass is 465 g/mol. The highest BCUT2D eigenvalue weighted by Gasteiger charge is 2.26. The third kappa shape index (κ3) is 5.40. The summed E-state index contributed by atoms with van der Waals surface area (Å²) in [5, 5.41) is 7.70. The second-order valence-corrected chi connectivity index (χ2v) is 10.3. The van der Waals surface area contributed by atoms with E-state index in [0.717, 1.165) is 45.2 Å². The number of piperidine rings is 1. The molecule has 2 atom stereocenters. The minimum absolute atomic E-state index is 0. The molecule has 1 saturated carbocycles. The quantitative estimate of drug-likeness (QED) is 0.629. The Labute approximate surface area is 191 Å². The van der Waals surface area contributed by atoms with Crippen molar-refractivity contribution >= 4 is 39.1 Å². The summed E-state index contributed by atoms with van der Waals surface area (Å²) < 4.78 is 29.1. The van der Waals surface area contributed by atoms with Gasteiger partial charge in [-0.1, -0.05) is 44.0 Å². The molecule has 2 aliphatic rings. The van der Waals surface area contributed by atoms with E-state index in [1.54, 1.807) is 30.3 Å². The van der Waals surface area contributed by atoms with Crippen LogP contribution in [-0.2, 0) is 10.0 Å². The lowest BCUT2D eigenvalue weighted by Gasteiger charge is -2.29. The van der Waals surface area contributed by atoms with Gasteiger partial charge in [0.05, 0.1) is 4.90 Å². The van der Waals surface area contributed by atoms with E-state index in [9.17, 15) is 13.2 Å². The van der Waals surface area contributed by atoms with E-state index < -0.39 is 10.0 Å². The first-order valence-corrected chi connectivity index (χ1v) is 12.5. The van der Waals surface area contributed by atoms with Crippen LogP contribution in [0.2, 0.25) is 0 Å². The second kappa shape index (κ2) is 10.3. The molecule has 0 bridgehead atoms. The molecular formula is C23H32ClN3O3S. The van der Waals surface area contributed by atoms with Gasteiger partial charge in [0.2, 0.25) is 10.0 Å². The van der Waals surface area contributed by atoms with Crippen LogP contribution in [-0.4, -0.2) is 39.5 Å². The lowest BCUT2D eigenvalue weighted by atomic mass is 9.85. The number of carbonyl (C=O) groups is 1. The van der Waals surface area contributed by atoms with Crippen LogP contribution in [0.1, 0.15) is 55.8 Å². The smallest absolute Gasteiger partial charge is 0.252 e.